The molecule has 1 aliphatic heterocycles. The van der Waals surface area contributed by atoms with Crippen LogP contribution in [0.25, 0.3) is 0 Å². The normalized spacial score (nSPS) is 21.9. The first kappa shape index (κ1) is 11.0. The molecule has 17 heavy (non-hydrogen) atoms. The largest absolute Gasteiger partial charge is 0.346 e. The quantitative estimate of drug-likeness (QED) is 0.847. The van der Waals surface area contributed by atoms with E-state index in [1.165, 1.54) is 12.8 Å². The van der Waals surface area contributed by atoms with Gasteiger partial charge in [0, 0.05) is 19.5 Å². The first-order valence-electron chi connectivity index (χ1n) is 6.72. The molecule has 5 nitrogen and oxygen atoms in total. The second-order valence-electron chi connectivity index (χ2n) is 5.12. The van der Waals surface area contributed by atoms with Gasteiger partial charge in [-0.3, -0.25) is 4.57 Å². The van der Waals surface area contributed by atoms with Crippen molar-refractivity contribution in [3.05, 3.63) is 16.3 Å². The summed E-state index contributed by atoms with van der Waals surface area (Å²) in [6.07, 6.45) is 5.53. The van der Waals surface area contributed by atoms with Crippen molar-refractivity contribution in [2.45, 2.75) is 51.1 Å². The van der Waals surface area contributed by atoms with E-state index in [2.05, 4.69) is 17.3 Å². The van der Waals surface area contributed by atoms with Crippen molar-refractivity contribution in [1.29, 1.82) is 0 Å². The fourth-order valence-electron chi connectivity index (χ4n) is 2.89. The van der Waals surface area contributed by atoms with Gasteiger partial charge in [-0.05, 0) is 12.8 Å². The van der Waals surface area contributed by atoms with E-state index < -0.39 is 0 Å². The molecule has 1 saturated heterocycles. The number of nitrogens with zero attached hydrogens (tertiary/aromatic N) is 3. The van der Waals surface area contributed by atoms with Gasteiger partial charge in [-0.2, -0.15) is 5.10 Å². The van der Waals surface area contributed by atoms with Gasteiger partial charge in [0.2, 0.25) is 0 Å². The molecule has 0 spiro atoms. The van der Waals surface area contributed by atoms with Crippen LogP contribution in [0.15, 0.2) is 4.79 Å². The fraction of sp³-hybridized carbons (Fsp3) is 0.833. The van der Waals surface area contributed by atoms with Crippen LogP contribution in [0.5, 0.6) is 0 Å². The highest BCUT2D eigenvalue weighted by atomic mass is 16.2. The Bertz CT molecular complexity index is 452. The maximum atomic E-state index is 12.4. The second-order valence-corrected chi connectivity index (χ2v) is 5.12. The van der Waals surface area contributed by atoms with Crippen LogP contribution in [0.2, 0.25) is 0 Å². The SMILES string of the molecule is CCc1nn(C2CCCC2)c(=O)n1C1CNC1. The Hall–Kier alpha value is -1.10. The maximum absolute atomic E-state index is 12.4. The molecular weight excluding hydrogens is 216 g/mol. The average Bonchev–Trinajstić information content (AvgIpc) is 2.86. The molecular formula is C12H20N4O. The topological polar surface area (TPSA) is 51.9 Å². The lowest BCUT2D eigenvalue weighted by Gasteiger charge is -2.28. The summed E-state index contributed by atoms with van der Waals surface area (Å²) in [5, 5.41) is 7.77. The number of nitrogens with one attached hydrogen (secondary N) is 1. The van der Waals surface area contributed by atoms with Crippen LogP contribution in [-0.4, -0.2) is 27.4 Å². The molecule has 5 heteroatoms. The van der Waals surface area contributed by atoms with Crippen LogP contribution in [0.3, 0.4) is 0 Å². The molecule has 1 aliphatic carbocycles. The number of hydrogen-bond acceptors (Lipinski definition) is 3. The zero-order valence-electron chi connectivity index (χ0n) is 10.4. The smallest absolute Gasteiger partial charge is 0.313 e. The first-order chi connectivity index (χ1) is 8.31. The van der Waals surface area contributed by atoms with Gasteiger partial charge in [0.15, 0.2) is 0 Å². The third kappa shape index (κ3) is 1.73. The highest BCUT2D eigenvalue weighted by molar-refractivity contribution is 4.97. The molecule has 1 N–H and O–H groups in total. The van der Waals surface area contributed by atoms with Gasteiger partial charge in [-0.1, -0.05) is 19.8 Å². The Labute approximate surface area is 101 Å². The van der Waals surface area contributed by atoms with E-state index in [-0.39, 0.29) is 5.69 Å². The first-order valence-corrected chi connectivity index (χ1v) is 6.72. The van der Waals surface area contributed by atoms with Gasteiger partial charge >= 0.3 is 5.69 Å². The Morgan fingerprint density at radius 1 is 1.29 bits per heavy atom. The molecule has 2 heterocycles. The maximum Gasteiger partial charge on any atom is 0.346 e. The minimum atomic E-state index is 0.111. The average molecular weight is 236 g/mol. The lowest BCUT2D eigenvalue weighted by Crippen LogP contribution is -2.47. The summed E-state index contributed by atoms with van der Waals surface area (Å²) in [5.41, 5.74) is 0.111. The summed E-state index contributed by atoms with van der Waals surface area (Å²) in [4.78, 5) is 12.4. The van der Waals surface area contributed by atoms with Crippen LogP contribution in [0.4, 0.5) is 0 Å². The summed E-state index contributed by atoms with van der Waals surface area (Å²) in [5.74, 6) is 0.952. The molecule has 2 aliphatic rings. The highest BCUT2D eigenvalue weighted by Gasteiger charge is 2.28. The summed E-state index contributed by atoms with van der Waals surface area (Å²) in [6.45, 7) is 3.88. The van der Waals surface area contributed by atoms with Crippen molar-refractivity contribution < 1.29 is 0 Å². The number of hydrogen-bond donors (Lipinski definition) is 1. The molecule has 1 saturated carbocycles. The summed E-state index contributed by atoms with van der Waals surface area (Å²) >= 11 is 0. The summed E-state index contributed by atoms with van der Waals surface area (Å²) < 4.78 is 3.67. The van der Waals surface area contributed by atoms with Crippen molar-refractivity contribution >= 4 is 0 Å². The molecule has 0 bridgehead atoms. The molecule has 1 aromatic heterocycles. The van der Waals surface area contributed by atoms with E-state index >= 15 is 0 Å². The van der Waals surface area contributed by atoms with Crippen molar-refractivity contribution in [3.63, 3.8) is 0 Å². The molecule has 0 radical (unpaired) electrons. The van der Waals surface area contributed by atoms with Gasteiger partial charge in [0.25, 0.3) is 0 Å². The molecule has 94 valence electrons. The monoisotopic (exact) mass is 236 g/mol. The Kier molecular flexibility index (Phi) is 2.78. The van der Waals surface area contributed by atoms with Gasteiger partial charge in [-0.15, -0.1) is 0 Å². The van der Waals surface area contributed by atoms with Crippen molar-refractivity contribution in [3.8, 4) is 0 Å². The standard InChI is InChI=1S/C12H20N4O/c1-2-11-14-16(9-5-3-4-6-9)12(17)15(11)10-7-13-8-10/h9-10,13H,2-8H2,1H3. The third-order valence-electron chi connectivity index (χ3n) is 4.02. The second kappa shape index (κ2) is 4.29. The highest BCUT2D eigenvalue weighted by Crippen LogP contribution is 2.28. The molecule has 0 atom stereocenters. The predicted octanol–water partition coefficient (Wildman–Crippen LogP) is 0.867. The van der Waals surface area contributed by atoms with Crippen molar-refractivity contribution in [2.24, 2.45) is 0 Å². The minimum absolute atomic E-state index is 0.111. The van der Waals surface area contributed by atoms with Gasteiger partial charge < -0.3 is 5.32 Å². The molecule has 0 unspecified atom stereocenters. The molecule has 1 aromatic rings. The molecule has 0 amide bonds. The summed E-state index contributed by atoms with van der Waals surface area (Å²) in [7, 11) is 0. The van der Waals surface area contributed by atoms with Crippen LogP contribution in [0, 0.1) is 0 Å². The number of aromatic nitrogens is 3. The molecule has 2 fully saturated rings. The van der Waals surface area contributed by atoms with Crippen LogP contribution >= 0.6 is 0 Å². The van der Waals surface area contributed by atoms with E-state index in [0.717, 1.165) is 38.2 Å². The predicted molar refractivity (Wildman–Crippen MR) is 65.3 cm³/mol. The zero-order valence-corrected chi connectivity index (χ0v) is 10.4. The van der Waals surface area contributed by atoms with Crippen molar-refractivity contribution in [2.75, 3.05) is 13.1 Å². The van der Waals surface area contributed by atoms with Crippen LogP contribution in [-0.2, 0) is 6.42 Å². The Morgan fingerprint density at radius 2 is 2.00 bits per heavy atom. The van der Waals surface area contributed by atoms with Gasteiger partial charge in [0.1, 0.15) is 5.82 Å². The van der Waals surface area contributed by atoms with Gasteiger partial charge in [-0.25, -0.2) is 9.48 Å². The third-order valence-corrected chi connectivity index (χ3v) is 4.02. The van der Waals surface area contributed by atoms with Crippen LogP contribution in [0.1, 0.15) is 50.5 Å². The molecule has 3 rings (SSSR count). The van der Waals surface area contributed by atoms with E-state index in [1.54, 1.807) is 4.68 Å². The van der Waals surface area contributed by atoms with Crippen molar-refractivity contribution in [1.82, 2.24) is 19.7 Å². The molecule has 0 aromatic carbocycles. The zero-order chi connectivity index (χ0) is 11.8. The summed E-state index contributed by atoms with van der Waals surface area (Å²) in [6, 6.07) is 0.676. The van der Waals surface area contributed by atoms with Crippen LogP contribution < -0.4 is 11.0 Å². The lowest BCUT2D eigenvalue weighted by molar-refractivity contribution is 0.324. The van der Waals surface area contributed by atoms with E-state index in [0.29, 0.717) is 12.1 Å². The lowest BCUT2D eigenvalue weighted by atomic mass is 10.2. The fourth-order valence-corrected chi connectivity index (χ4v) is 2.89. The van der Waals surface area contributed by atoms with Gasteiger partial charge in [0.05, 0.1) is 12.1 Å². The number of aryl methyl sites for hydroxylation is 1. The Balaban J connectivity index is 1.99. The van der Waals surface area contributed by atoms with E-state index in [9.17, 15) is 4.79 Å². The number of rotatable bonds is 3. The Morgan fingerprint density at radius 3 is 2.53 bits per heavy atom. The minimum Gasteiger partial charge on any atom is -0.313 e. The van der Waals surface area contributed by atoms with E-state index in [1.807, 2.05) is 4.57 Å². The van der Waals surface area contributed by atoms with E-state index in [4.69, 9.17) is 0 Å².